The van der Waals surface area contributed by atoms with Crippen LogP contribution in [0.4, 0.5) is 0 Å². The molecule has 0 saturated heterocycles. The summed E-state index contributed by atoms with van der Waals surface area (Å²) in [7, 11) is 0.517. The van der Waals surface area contributed by atoms with Crippen LogP contribution in [0.25, 0.3) is 0 Å². The van der Waals surface area contributed by atoms with E-state index in [1.807, 2.05) is 0 Å². The Hall–Kier alpha value is -0.0951. The third-order valence-electron chi connectivity index (χ3n) is 16.3. The monoisotopic (exact) mass is 566 g/mol. The Kier molecular flexibility index (Phi) is 7.45. The summed E-state index contributed by atoms with van der Waals surface area (Å²) in [6.45, 7) is 5.19. The van der Waals surface area contributed by atoms with Crippen molar-refractivity contribution in [2.45, 2.75) is 154 Å². The fraction of sp³-hybridized carbons (Fsp3) is 1.00. The molecule has 8 fully saturated rings. The van der Waals surface area contributed by atoms with Gasteiger partial charge in [-0.2, -0.15) is 0 Å². The van der Waals surface area contributed by atoms with Gasteiger partial charge in [0.25, 0.3) is 0 Å². The molecule has 8 saturated carbocycles. The van der Waals surface area contributed by atoms with Crippen molar-refractivity contribution in [3.63, 3.8) is 0 Å². The summed E-state index contributed by atoms with van der Waals surface area (Å²) in [6, 6.07) is 0. The largest absolute Gasteiger partial charge is 0.438 e. The Labute approximate surface area is 250 Å². The first-order chi connectivity index (χ1) is 19.8. The lowest BCUT2D eigenvalue weighted by Gasteiger charge is -2.60. The molecule has 41 heavy (non-hydrogen) atoms. The van der Waals surface area contributed by atoms with Gasteiger partial charge in [0.05, 0.1) is 12.2 Å². The number of aliphatic hydroxyl groups excluding tert-OH is 2. The zero-order chi connectivity index (χ0) is 27.9. The van der Waals surface area contributed by atoms with E-state index in [9.17, 15) is 10.2 Å². The third kappa shape index (κ3) is 4.58. The minimum absolute atomic E-state index is 0.0222. The lowest BCUT2D eigenvalue weighted by atomic mass is 9.45. The molecular weight excluding hydrogens is 507 g/mol. The van der Waals surface area contributed by atoms with Crippen LogP contribution < -0.4 is 0 Å². The number of hydrogen-bond donors (Lipinski definition) is 2. The van der Waals surface area contributed by atoms with E-state index in [0.29, 0.717) is 30.7 Å². The van der Waals surface area contributed by atoms with Crippen molar-refractivity contribution >= 4 is 7.69 Å². The molecule has 0 spiro atoms. The summed E-state index contributed by atoms with van der Waals surface area (Å²) < 4.78 is 13.4. The molecule has 0 radical (unpaired) electrons. The zero-order valence-corrected chi connectivity index (χ0v) is 26.2. The average molecular weight is 567 g/mol. The maximum atomic E-state index is 10.4. The number of aliphatic hydroxyl groups is 2. The Bertz CT molecular complexity index is 960. The molecule has 230 valence electrons. The van der Waals surface area contributed by atoms with E-state index in [1.54, 1.807) is 0 Å². The van der Waals surface area contributed by atoms with Gasteiger partial charge >= 0.3 is 7.69 Å². The SMILES string of the molecule is C[C@]12CCC(O)CC1CCC1C2CC[C@]2(C)C(OBOC3CCC4C3CCC3C5CCC(O)CC5CCC34)CCC12. The molecule has 8 aliphatic rings. The van der Waals surface area contributed by atoms with Gasteiger partial charge < -0.3 is 19.5 Å². The molecule has 0 bridgehead atoms. The average Bonchev–Trinajstić information content (AvgIpc) is 3.54. The van der Waals surface area contributed by atoms with E-state index < -0.39 is 0 Å². The molecule has 0 aromatic rings. The maximum absolute atomic E-state index is 10.4. The van der Waals surface area contributed by atoms with Gasteiger partial charge in [-0.3, -0.25) is 0 Å². The Morgan fingerprint density at radius 1 is 0.537 bits per heavy atom. The van der Waals surface area contributed by atoms with E-state index in [0.717, 1.165) is 84.9 Å². The van der Waals surface area contributed by atoms with Gasteiger partial charge in [-0.25, -0.2) is 0 Å². The van der Waals surface area contributed by atoms with Crippen molar-refractivity contribution < 1.29 is 19.5 Å². The Morgan fingerprint density at radius 3 is 2.10 bits per heavy atom. The van der Waals surface area contributed by atoms with Crippen molar-refractivity contribution in [3.05, 3.63) is 0 Å². The summed E-state index contributed by atoms with van der Waals surface area (Å²) in [5, 5.41) is 20.6. The fourth-order valence-electron chi connectivity index (χ4n) is 14.3. The minimum atomic E-state index is -0.0464. The minimum Gasteiger partial charge on any atom is -0.411 e. The van der Waals surface area contributed by atoms with Gasteiger partial charge in [0.1, 0.15) is 0 Å². The second-order valence-corrected chi connectivity index (χ2v) is 17.5. The quantitative estimate of drug-likeness (QED) is 0.358. The second kappa shape index (κ2) is 10.8. The van der Waals surface area contributed by atoms with Crippen LogP contribution in [0.5, 0.6) is 0 Å². The van der Waals surface area contributed by atoms with Gasteiger partial charge in [-0.05, 0) is 186 Å². The van der Waals surface area contributed by atoms with Crippen LogP contribution in [0.3, 0.4) is 0 Å². The van der Waals surface area contributed by atoms with Crippen molar-refractivity contribution in [1.29, 1.82) is 0 Å². The van der Waals surface area contributed by atoms with E-state index >= 15 is 0 Å². The van der Waals surface area contributed by atoms with Crippen LogP contribution in [-0.4, -0.2) is 42.3 Å². The standard InChI is InChI=1S/C36H59BO4/c1-35-17-15-24(39)20-22(35)4-7-30-31-12-14-34(36(31,2)18-16-32(30)35)41-37-40-33-13-11-28-27-6-3-21-19-23(38)5-8-25(21)26(27)9-10-29(28)33/h21-34,37-39H,3-20H2,1-2H3/t21?,22?,23?,24?,25?,26?,27?,28?,29?,30?,31?,32?,33?,34?,35-,36-/m0/s1. The van der Waals surface area contributed by atoms with Gasteiger partial charge in [0.15, 0.2) is 0 Å². The summed E-state index contributed by atoms with van der Waals surface area (Å²) in [4.78, 5) is 0. The number of rotatable bonds is 4. The van der Waals surface area contributed by atoms with Crippen molar-refractivity contribution in [3.8, 4) is 0 Å². The summed E-state index contributed by atoms with van der Waals surface area (Å²) in [5.74, 6) is 8.49. The molecule has 8 rings (SSSR count). The molecule has 0 heterocycles. The molecule has 5 heteroatoms. The molecular formula is C36H59BO4. The molecule has 0 aromatic heterocycles. The highest BCUT2D eigenvalue weighted by Crippen LogP contribution is 2.66. The highest BCUT2D eigenvalue weighted by molar-refractivity contribution is 6.18. The van der Waals surface area contributed by atoms with E-state index in [-0.39, 0.29) is 12.2 Å². The van der Waals surface area contributed by atoms with Crippen LogP contribution in [0, 0.1) is 70.0 Å². The molecule has 14 unspecified atom stereocenters. The number of hydrogen-bond acceptors (Lipinski definition) is 4. The van der Waals surface area contributed by atoms with E-state index in [4.69, 9.17) is 9.31 Å². The van der Waals surface area contributed by atoms with Gasteiger partial charge in [0, 0.05) is 12.2 Å². The Morgan fingerprint density at radius 2 is 1.20 bits per heavy atom. The highest BCUT2D eigenvalue weighted by Gasteiger charge is 2.60. The third-order valence-corrected chi connectivity index (χ3v) is 16.3. The van der Waals surface area contributed by atoms with Crippen molar-refractivity contribution in [2.75, 3.05) is 0 Å². The predicted octanol–water partition coefficient (Wildman–Crippen LogP) is 7.05. The van der Waals surface area contributed by atoms with Crippen LogP contribution in [0.2, 0.25) is 0 Å². The smallest absolute Gasteiger partial charge is 0.411 e. The van der Waals surface area contributed by atoms with E-state index in [1.165, 1.54) is 89.9 Å². The molecule has 0 aliphatic heterocycles. The molecule has 0 aromatic carbocycles. The second-order valence-electron chi connectivity index (χ2n) is 17.5. The molecule has 0 amide bonds. The molecule has 2 N–H and O–H groups in total. The summed E-state index contributed by atoms with van der Waals surface area (Å²) >= 11 is 0. The molecule has 16 atom stereocenters. The Balaban J connectivity index is 0.863. The van der Waals surface area contributed by atoms with E-state index in [2.05, 4.69) is 13.8 Å². The van der Waals surface area contributed by atoms with Gasteiger partial charge in [-0.1, -0.05) is 13.8 Å². The van der Waals surface area contributed by atoms with Crippen molar-refractivity contribution in [1.82, 2.24) is 0 Å². The van der Waals surface area contributed by atoms with Crippen LogP contribution in [0.1, 0.15) is 129 Å². The first-order valence-corrected chi connectivity index (χ1v) is 18.4. The summed E-state index contributed by atoms with van der Waals surface area (Å²) in [5.41, 5.74) is 0.783. The zero-order valence-electron chi connectivity index (χ0n) is 26.2. The first-order valence-electron chi connectivity index (χ1n) is 18.4. The van der Waals surface area contributed by atoms with Gasteiger partial charge in [0.2, 0.25) is 0 Å². The fourth-order valence-corrected chi connectivity index (χ4v) is 14.3. The predicted molar refractivity (Wildman–Crippen MR) is 163 cm³/mol. The highest BCUT2D eigenvalue weighted by atomic mass is 16.6. The van der Waals surface area contributed by atoms with Crippen LogP contribution in [-0.2, 0) is 9.31 Å². The van der Waals surface area contributed by atoms with Crippen LogP contribution in [0.15, 0.2) is 0 Å². The molecule has 8 aliphatic carbocycles. The van der Waals surface area contributed by atoms with Crippen LogP contribution >= 0.6 is 0 Å². The maximum Gasteiger partial charge on any atom is 0.438 e. The topological polar surface area (TPSA) is 58.9 Å². The molecule has 4 nitrogen and oxygen atoms in total. The van der Waals surface area contributed by atoms with Gasteiger partial charge in [-0.15, -0.1) is 0 Å². The lowest BCUT2D eigenvalue weighted by Crippen LogP contribution is -2.54. The number of fused-ring (bicyclic) bond motifs is 10. The van der Waals surface area contributed by atoms with Crippen molar-refractivity contribution in [2.24, 2.45) is 70.0 Å². The summed E-state index contributed by atoms with van der Waals surface area (Å²) in [6.07, 6.45) is 23.6. The normalized spacial score (nSPS) is 57.9. The lowest BCUT2D eigenvalue weighted by molar-refractivity contribution is -0.132. The first kappa shape index (κ1) is 28.4.